The lowest BCUT2D eigenvalue weighted by molar-refractivity contribution is -0.117. The molecule has 4 aromatic rings. The normalized spacial score (nSPS) is 16.5. The van der Waals surface area contributed by atoms with E-state index in [-0.39, 0.29) is 11.8 Å². The number of anilines is 1. The van der Waals surface area contributed by atoms with E-state index in [1.165, 1.54) is 5.56 Å². The lowest BCUT2D eigenvalue weighted by atomic mass is 10.1. The van der Waals surface area contributed by atoms with Crippen LogP contribution in [0.4, 0.5) is 5.69 Å². The molecule has 0 spiro atoms. The fraction of sp³-hybridized carbons (Fsp3) is 0.231. The molecule has 0 N–H and O–H groups in total. The summed E-state index contributed by atoms with van der Waals surface area (Å²) >= 11 is 0. The smallest absolute Gasteiger partial charge is 0.227 e. The molecule has 1 fully saturated rings. The van der Waals surface area contributed by atoms with Crippen LogP contribution in [0.3, 0.4) is 0 Å². The minimum atomic E-state index is 0.0975. The van der Waals surface area contributed by atoms with Crippen LogP contribution in [0.15, 0.2) is 78.9 Å². The lowest BCUT2D eigenvalue weighted by Gasteiger charge is -2.19. The molecule has 150 valence electrons. The highest BCUT2D eigenvalue weighted by atomic mass is 16.2. The molecule has 5 rings (SSSR count). The van der Waals surface area contributed by atoms with Crippen LogP contribution in [-0.2, 0) is 17.8 Å². The third-order valence-electron chi connectivity index (χ3n) is 6.05. The Kier molecular flexibility index (Phi) is 4.83. The number of aryl methyl sites for hydroxylation is 3. The lowest BCUT2D eigenvalue weighted by Crippen LogP contribution is -2.25. The van der Waals surface area contributed by atoms with E-state index in [9.17, 15) is 4.79 Å². The van der Waals surface area contributed by atoms with Crippen LogP contribution in [0.25, 0.3) is 11.0 Å². The molecule has 1 aliphatic heterocycles. The molecule has 2 heterocycles. The number of aromatic nitrogens is 2. The van der Waals surface area contributed by atoms with Crippen LogP contribution in [0.5, 0.6) is 0 Å². The molecule has 4 nitrogen and oxygen atoms in total. The summed E-state index contributed by atoms with van der Waals surface area (Å²) in [6.45, 7) is 3.60. The summed E-state index contributed by atoms with van der Waals surface area (Å²) in [4.78, 5) is 19.8. The quantitative estimate of drug-likeness (QED) is 0.471. The predicted molar refractivity (Wildman–Crippen MR) is 121 cm³/mol. The van der Waals surface area contributed by atoms with Gasteiger partial charge in [-0.15, -0.1) is 0 Å². The van der Waals surface area contributed by atoms with Crippen molar-refractivity contribution in [3.05, 3.63) is 95.8 Å². The van der Waals surface area contributed by atoms with Gasteiger partial charge in [0.2, 0.25) is 5.91 Å². The van der Waals surface area contributed by atoms with Crippen LogP contribution in [0.2, 0.25) is 0 Å². The maximum Gasteiger partial charge on any atom is 0.227 e. The van der Waals surface area contributed by atoms with Gasteiger partial charge in [0.1, 0.15) is 5.82 Å². The number of hydrogen-bond donors (Lipinski definition) is 0. The molecule has 1 amide bonds. The number of amides is 1. The van der Waals surface area contributed by atoms with Crippen LogP contribution in [0.1, 0.15) is 29.3 Å². The number of imidazole rings is 1. The first-order chi connectivity index (χ1) is 14.7. The number of benzene rings is 3. The topological polar surface area (TPSA) is 38.1 Å². The van der Waals surface area contributed by atoms with E-state index >= 15 is 0 Å². The van der Waals surface area contributed by atoms with E-state index in [1.54, 1.807) is 0 Å². The largest absolute Gasteiger partial charge is 0.327 e. The van der Waals surface area contributed by atoms with Gasteiger partial charge in [0.25, 0.3) is 0 Å². The van der Waals surface area contributed by atoms with Gasteiger partial charge in [-0.2, -0.15) is 0 Å². The van der Waals surface area contributed by atoms with Crippen molar-refractivity contribution >= 4 is 22.6 Å². The van der Waals surface area contributed by atoms with Gasteiger partial charge >= 0.3 is 0 Å². The molecular weight excluding hydrogens is 370 g/mol. The van der Waals surface area contributed by atoms with Gasteiger partial charge in [-0.1, -0.05) is 60.7 Å². The van der Waals surface area contributed by atoms with E-state index in [4.69, 9.17) is 4.98 Å². The average Bonchev–Trinajstić information content (AvgIpc) is 3.34. The SMILES string of the molecule is Cc1ccccc1N1CC(c2nc3ccccc3n2CCc2ccccc2)CC1=O. The van der Waals surface area contributed by atoms with Gasteiger partial charge < -0.3 is 9.47 Å². The zero-order valence-corrected chi connectivity index (χ0v) is 17.2. The molecule has 0 saturated carbocycles. The third-order valence-corrected chi connectivity index (χ3v) is 6.05. The zero-order valence-electron chi connectivity index (χ0n) is 17.2. The van der Waals surface area contributed by atoms with Crippen LogP contribution < -0.4 is 4.90 Å². The molecule has 4 heteroatoms. The van der Waals surface area contributed by atoms with Gasteiger partial charge in [0.15, 0.2) is 0 Å². The minimum Gasteiger partial charge on any atom is -0.327 e. The van der Waals surface area contributed by atoms with Crippen molar-refractivity contribution in [1.29, 1.82) is 0 Å². The fourth-order valence-electron chi connectivity index (χ4n) is 4.51. The molecule has 1 aromatic heterocycles. The number of nitrogens with zero attached hydrogens (tertiary/aromatic N) is 3. The number of carbonyl (C=O) groups is 1. The van der Waals surface area contributed by atoms with Crippen LogP contribution in [0, 0.1) is 6.92 Å². The van der Waals surface area contributed by atoms with E-state index < -0.39 is 0 Å². The molecule has 30 heavy (non-hydrogen) atoms. The molecule has 3 aromatic carbocycles. The summed E-state index contributed by atoms with van der Waals surface area (Å²) in [6, 6.07) is 26.9. The summed E-state index contributed by atoms with van der Waals surface area (Å²) in [5.74, 6) is 1.30. The van der Waals surface area contributed by atoms with Gasteiger partial charge in [-0.25, -0.2) is 4.98 Å². The molecule has 1 saturated heterocycles. The number of rotatable bonds is 5. The summed E-state index contributed by atoms with van der Waals surface area (Å²) in [7, 11) is 0. The first kappa shape index (κ1) is 18.6. The minimum absolute atomic E-state index is 0.0975. The van der Waals surface area contributed by atoms with Crippen molar-refractivity contribution in [3.63, 3.8) is 0 Å². The molecular formula is C26H25N3O. The second-order valence-corrected chi connectivity index (χ2v) is 8.04. The summed E-state index contributed by atoms with van der Waals surface area (Å²) in [5.41, 5.74) is 5.60. The maximum absolute atomic E-state index is 12.9. The first-order valence-corrected chi connectivity index (χ1v) is 10.6. The Morgan fingerprint density at radius 1 is 0.933 bits per heavy atom. The summed E-state index contributed by atoms with van der Waals surface area (Å²) in [6.07, 6.45) is 1.44. The Balaban J connectivity index is 1.48. The van der Waals surface area contributed by atoms with E-state index in [0.29, 0.717) is 13.0 Å². The van der Waals surface area contributed by atoms with Crippen LogP contribution >= 0.6 is 0 Å². The Hall–Kier alpha value is -3.40. The number of fused-ring (bicyclic) bond motifs is 1. The van der Waals surface area contributed by atoms with E-state index in [2.05, 4.69) is 60.0 Å². The number of hydrogen-bond acceptors (Lipinski definition) is 2. The first-order valence-electron chi connectivity index (χ1n) is 10.6. The predicted octanol–water partition coefficient (Wildman–Crippen LogP) is 5.11. The van der Waals surface area contributed by atoms with Crippen molar-refractivity contribution in [2.45, 2.75) is 32.2 Å². The standard InChI is InChI=1S/C26H25N3O/c1-19-9-5-7-13-23(19)29-18-21(17-25(29)30)26-27-22-12-6-8-14-24(22)28(26)16-15-20-10-3-2-4-11-20/h2-14,21H,15-18H2,1H3. The molecule has 1 atom stereocenters. The number of para-hydroxylation sites is 3. The highest BCUT2D eigenvalue weighted by molar-refractivity contribution is 5.97. The van der Waals surface area contributed by atoms with E-state index in [1.807, 2.05) is 35.2 Å². The molecule has 0 bridgehead atoms. The fourth-order valence-corrected chi connectivity index (χ4v) is 4.51. The van der Waals surface area contributed by atoms with Crippen molar-refractivity contribution in [2.24, 2.45) is 0 Å². The Morgan fingerprint density at radius 3 is 2.50 bits per heavy atom. The van der Waals surface area contributed by atoms with Gasteiger partial charge in [0, 0.05) is 31.1 Å². The van der Waals surface area contributed by atoms with Gasteiger partial charge in [-0.3, -0.25) is 4.79 Å². The molecule has 0 radical (unpaired) electrons. The maximum atomic E-state index is 12.9. The Labute approximate surface area is 176 Å². The average molecular weight is 396 g/mol. The van der Waals surface area contributed by atoms with Crippen molar-refractivity contribution in [3.8, 4) is 0 Å². The highest BCUT2D eigenvalue weighted by Crippen LogP contribution is 2.34. The Bertz CT molecular complexity index is 1200. The van der Waals surface area contributed by atoms with Crippen LogP contribution in [-0.4, -0.2) is 22.0 Å². The Morgan fingerprint density at radius 2 is 1.67 bits per heavy atom. The third kappa shape index (κ3) is 3.39. The number of carbonyl (C=O) groups excluding carboxylic acids is 1. The van der Waals surface area contributed by atoms with Gasteiger partial charge in [0.05, 0.1) is 11.0 Å². The van der Waals surface area contributed by atoms with Gasteiger partial charge in [-0.05, 0) is 42.7 Å². The van der Waals surface area contributed by atoms with Crippen molar-refractivity contribution < 1.29 is 4.79 Å². The monoisotopic (exact) mass is 395 g/mol. The van der Waals surface area contributed by atoms with Crippen molar-refractivity contribution in [1.82, 2.24) is 9.55 Å². The highest BCUT2D eigenvalue weighted by Gasteiger charge is 2.35. The molecule has 1 unspecified atom stereocenters. The molecule has 1 aliphatic rings. The summed E-state index contributed by atoms with van der Waals surface area (Å²) in [5, 5.41) is 0. The second-order valence-electron chi connectivity index (χ2n) is 8.04. The van der Waals surface area contributed by atoms with E-state index in [0.717, 1.165) is 41.1 Å². The van der Waals surface area contributed by atoms with Crippen molar-refractivity contribution in [2.75, 3.05) is 11.4 Å². The molecule has 0 aliphatic carbocycles. The zero-order chi connectivity index (χ0) is 20.5. The second kappa shape index (κ2) is 7.79. The summed E-state index contributed by atoms with van der Waals surface area (Å²) < 4.78 is 2.32.